The topological polar surface area (TPSA) is 133 Å². The summed E-state index contributed by atoms with van der Waals surface area (Å²) < 4.78 is 14.0. The lowest BCUT2D eigenvalue weighted by molar-refractivity contribution is -0.113. The number of benzene rings is 2. The molecule has 39 heavy (non-hydrogen) atoms. The normalized spacial score (nSPS) is 10.8. The van der Waals surface area contributed by atoms with Crippen molar-refractivity contribution < 1.29 is 19.1 Å². The summed E-state index contributed by atoms with van der Waals surface area (Å²) in [6.07, 6.45) is 0. The van der Waals surface area contributed by atoms with E-state index in [-0.39, 0.29) is 24.1 Å². The Morgan fingerprint density at radius 2 is 1.72 bits per heavy atom. The Morgan fingerprint density at radius 3 is 2.38 bits per heavy atom. The summed E-state index contributed by atoms with van der Waals surface area (Å²) >= 11 is 7.57. The number of anilines is 1. The molecule has 0 atom stereocenters. The van der Waals surface area contributed by atoms with Gasteiger partial charge in [-0.15, -0.1) is 20.4 Å². The smallest absolute Gasteiger partial charge is 0.251 e. The maximum Gasteiger partial charge on any atom is 0.251 e. The van der Waals surface area contributed by atoms with Crippen molar-refractivity contribution in [3.63, 3.8) is 0 Å². The van der Waals surface area contributed by atoms with E-state index in [1.807, 2.05) is 31.2 Å². The Kier molecular flexibility index (Phi) is 10.2. The molecule has 0 bridgehead atoms. The van der Waals surface area contributed by atoms with Gasteiger partial charge >= 0.3 is 0 Å². The molecule has 15 heteroatoms. The molecule has 0 saturated carbocycles. The van der Waals surface area contributed by atoms with Crippen molar-refractivity contribution in [2.45, 2.75) is 23.0 Å². The quantitative estimate of drug-likeness (QED) is 0.165. The summed E-state index contributed by atoms with van der Waals surface area (Å²) in [7, 11) is 3.04. The van der Waals surface area contributed by atoms with E-state index >= 15 is 0 Å². The van der Waals surface area contributed by atoms with E-state index in [4.69, 9.17) is 9.47 Å². The number of nitrogens with zero attached hydrogens (tertiary/aromatic N) is 5. The van der Waals surface area contributed by atoms with E-state index in [0.29, 0.717) is 33.2 Å². The summed E-state index contributed by atoms with van der Waals surface area (Å²) in [6.45, 7) is 2.12. The summed E-state index contributed by atoms with van der Waals surface area (Å²) in [4.78, 5) is 25.5. The van der Waals surface area contributed by atoms with Gasteiger partial charge in [0, 0.05) is 21.8 Å². The van der Waals surface area contributed by atoms with E-state index in [1.54, 1.807) is 34.5 Å². The van der Waals surface area contributed by atoms with E-state index in [1.165, 1.54) is 37.3 Å². The Morgan fingerprint density at radius 1 is 1.00 bits per heavy atom. The summed E-state index contributed by atoms with van der Waals surface area (Å²) in [6, 6.07) is 12.5. The number of halogens is 1. The molecule has 0 aliphatic carbocycles. The monoisotopic (exact) mass is 649 g/mol. The zero-order valence-corrected chi connectivity index (χ0v) is 25.2. The zero-order chi connectivity index (χ0) is 27.8. The van der Waals surface area contributed by atoms with Crippen LogP contribution in [0.5, 0.6) is 11.5 Å². The molecule has 2 heterocycles. The van der Waals surface area contributed by atoms with Crippen molar-refractivity contribution in [1.82, 2.24) is 30.3 Å². The Hall–Kier alpha value is -3.14. The molecule has 2 amide bonds. The van der Waals surface area contributed by atoms with Crippen LogP contribution in [0.1, 0.15) is 23.1 Å². The number of amides is 2. The van der Waals surface area contributed by atoms with Gasteiger partial charge in [-0.1, -0.05) is 57.7 Å². The molecule has 2 aromatic heterocycles. The van der Waals surface area contributed by atoms with Crippen LogP contribution in [0.3, 0.4) is 0 Å². The molecule has 11 nitrogen and oxygen atoms in total. The van der Waals surface area contributed by atoms with Gasteiger partial charge in [0.05, 0.1) is 26.5 Å². The second-order valence-electron chi connectivity index (χ2n) is 7.64. The van der Waals surface area contributed by atoms with Crippen LogP contribution in [-0.2, 0) is 11.3 Å². The molecule has 2 aromatic carbocycles. The SMILES string of the molecule is CCSc1nnc(NC(=O)CSc2nnc(CNC(=O)c3cc(OC)cc(OC)c3)n2-c2ccc(Br)cc2)s1. The summed E-state index contributed by atoms with van der Waals surface area (Å²) in [5, 5.41) is 23.2. The molecule has 0 fully saturated rings. The lowest BCUT2D eigenvalue weighted by Gasteiger charge is -2.12. The maximum absolute atomic E-state index is 12.9. The van der Waals surface area contributed by atoms with Crippen LogP contribution in [0.25, 0.3) is 5.69 Å². The number of hydrogen-bond donors (Lipinski definition) is 2. The fraction of sp³-hybridized carbons (Fsp3) is 0.250. The standard InChI is InChI=1S/C24H24BrN7O4S3/c1-4-37-24-31-29-22(39-24)27-20(33)13-38-23-30-28-19(32(23)16-7-5-15(25)6-8-16)12-26-21(34)14-9-17(35-2)11-18(10-14)36-3/h5-11H,4,12-13H2,1-3H3,(H,26,34)(H,27,29,33). The molecule has 0 aliphatic rings. The largest absolute Gasteiger partial charge is 0.497 e. The lowest BCUT2D eigenvalue weighted by atomic mass is 10.2. The van der Waals surface area contributed by atoms with Crippen LogP contribution in [0, 0.1) is 0 Å². The highest BCUT2D eigenvalue weighted by Gasteiger charge is 2.18. The molecule has 0 spiro atoms. The van der Waals surface area contributed by atoms with Gasteiger partial charge in [0.2, 0.25) is 11.0 Å². The van der Waals surface area contributed by atoms with Gasteiger partial charge < -0.3 is 14.8 Å². The molecule has 0 aliphatic heterocycles. The number of carbonyl (C=O) groups excluding carboxylic acids is 2. The third-order valence-corrected chi connectivity index (χ3v) is 8.37. The number of aromatic nitrogens is 5. The van der Waals surface area contributed by atoms with Gasteiger partial charge in [0.25, 0.3) is 5.91 Å². The summed E-state index contributed by atoms with van der Waals surface area (Å²) in [5.74, 6) is 1.89. The molecule has 0 radical (unpaired) electrons. The predicted octanol–water partition coefficient (Wildman–Crippen LogP) is 4.67. The van der Waals surface area contributed by atoms with Gasteiger partial charge in [0.1, 0.15) is 11.5 Å². The first-order valence-electron chi connectivity index (χ1n) is 11.5. The lowest BCUT2D eigenvalue weighted by Crippen LogP contribution is -2.24. The number of carbonyl (C=O) groups is 2. The highest BCUT2D eigenvalue weighted by atomic mass is 79.9. The molecule has 0 unspecified atom stereocenters. The first-order valence-corrected chi connectivity index (χ1v) is 15.1. The zero-order valence-electron chi connectivity index (χ0n) is 21.1. The van der Waals surface area contributed by atoms with Gasteiger partial charge in [-0.05, 0) is 42.2 Å². The molecule has 0 saturated heterocycles. The maximum atomic E-state index is 12.9. The molecule has 4 rings (SSSR count). The van der Waals surface area contributed by atoms with Gasteiger partial charge in [0.15, 0.2) is 15.3 Å². The molecule has 204 valence electrons. The third kappa shape index (κ3) is 7.71. The third-order valence-electron chi connectivity index (χ3n) is 5.06. The molecular weight excluding hydrogens is 626 g/mol. The minimum Gasteiger partial charge on any atom is -0.497 e. The van der Waals surface area contributed by atoms with Gasteiger partial charge in [-0.3, -0.25) is 19.5 Å². The highest BCUT2D eigenvalue weighted by molar-refractivity contribution is 9.10. The molecule has 2 N–H and O–H groups in total. The average Bonchev–Trinajstić information content (AvgIpc) is 3.57. The fourth-order valence-corrected chi connectivity index (χ4v) is 5.99. The van der Waals surface area contributed by atoms with Crippen LogP contribution in [0.4, 0.5) is 5.13 Å². The van der Waals surface area contributed by atoms with Crippen molar-refractivity contribution in [2.75, 3.05) is 31.0 Å². The number of rotatable bonds is 12. The number of ether oxygens (including phenoxy) is 2. The Balaban J connectivity index is 1.49. The van der Waals surface area contributed by atoms with Crippen molar-refractivity contribution in [3.8, 4) is 17.2 Å². The second-order valence-corrected chi connectivity index (χ2v) is 12.0. The number of thioether (sulfide) groups is 2. The van der Waals surface area contributed by atoms with Crippen LogP contribution >= 0.6 is 50.8 Å². The number of nitrogens with one attached hydrogen (secondary N) is 2. The van der Waals surface area contributed by atoms with Gasteiger partial charge in [-0.2, -0.15) is 0 Å². The minimum absolute atomic E-state index is 0.0838. The van der Waals surface area contributed by atoms with E-state index in [9.17, 15) is 9.59 Å². The Labute approximate surface area is 245 Å². The minimum atomic E-state index is -0.330. The van der Waals surface area contributed by atoms with Gasteiger partial charge in [-0.25, -0.2) is 0 Å². The first kappa shape index (κ1) is 28.9. The van der Waals surface area contributed by atoms with Crippen molar-refractivity contribution in [2.24, 2.45) is 0 Å². The summed E-state index contributed by atoms with van der Waals surface area (Å²) in [5.41, 5.74) is 1.16. The average molecular weight is 651 g/mol. The molecular formula is C24H24BrN7O4S3. The van der Waals surface area contributed by atoms with Crippen LogP contribution in [0.2, 0.25) is 0 Å². The van der Waals surface area contributed by atoms with E-state index in [0.717, 1.165) is 20.3 Å². The van der Waals surface area contributed by atoms with Crippen LogP contribution < -0.4 is 20.1 Å². The number of hydrogen-bond acceptors (Lipinski definition) is 11. The second kappa shape index (κ2) is 13.8. The fourth-order valence-electron chi connectivity index (χ4n) is 3.29. The first-order chi connectivity index (χ1) is 18.9. The van der Waals surface area contributed by atoms with Crippen LogP contribution in [-0.4, -0.2) is 62.5 Å². The van der Waals surface area contributed by atoms with Crippen LogP contribution in [0.15, 0.2) is 56.4 Å². The highest BCUT2D eigenvalue weighted by Crippen LogP contribution is 2.27. The van der Waals surface area contributed by atoms with Crippen molar-refractivity contribution in [1.29, 1.82) is 0 Å². The Bertz CT molecular complexity index is 1420. The van der Waals surface area contributed by atoms with Crippen molar-refractivity contribution in [3.05, 3.63) is 58.3 Å². The predicted molar refractivity (Wildman–Crippen MR) is 155 cm³/mol. The van der Waals surface area contributed by atoms with Crippen molar-refractivity contribution >= 4 is 67.7 Å². The van der Waals surface area contributed by atoms with E-state index < -0.39 is 0 Å². The molecule has 4 aromatic rings. The van der Waals surface area contributed by atoms with E-state index in [2.05, 4.69) is 47.0 Å². The number of methoxy groups -OCH3 is 2.